The summed E-state index contributed by atoms with van der Waals surface area (Å²) in [6.07, 6.45) is 0. The van der Waals surface area contributed by atoms with E-state index in [4.69, 9.17) is 4.74 Å². The van der Waals surface area contributed by atoms with Crippen molar-refractivity contribution in [3.63, 3.8) is 0 Å². The molecule has 0 aliphatic heterocycles. The second-order valence-electron chi connectivity index (χ2n) is 1.96. The molecule has 0 saturated heterocycles. The van der Waals surface area contributed by atoms with E-state index in [2.05, 4.69) is 0 Å². The van der Waals surface area contributed by atoms with E-state index in [1.165, 1.54) is 18.3 Å². The molecule has 0 N–H and O–H groups in total. The molecule has 1 rings (SSSR count). The summed E-state index contributed by atoms with van der Waals surface area (Å²) in [5.41, 5.74) is 0. The number of rotatable bonds is 1. The molecule has 0 saturated carbocycles. The largest absolute Gasteiger partial charge is 0.416 e. The van der Waals surface area contributed by atoms with Crippen LogP contribution in [-0.4, -0.2) is 5.97 Å². The first-order chi connectivity index (χ1) is 4.68. The molecule has 0 fully saturated rings. The van der Waals surface area contributed by atoms with Gasteiger partial charge in [-0.15, -0.1) is 11.3 Å². The van der Waals surface area contributed by atoms with Crippen molar-refractivity contribution in [1.29, 1.82) is 0 Å². The van der Waals surface area contributed by atoms with Crippen LogP contribution in [0.1, 0.15) is 11.8 Å². The zero-order valence-electron chi connectivity index (χ0n) is 5.88. The second kappa shape index (κ2) is 2.84. The zero-order chi connectivity index (χ0) is 7.56. The lowest BCUT2D eigenvalue weighted by Gasteiger charge is -1.92. The summed E-state index contributed by atoms with van der Waals surface area (Å²) >= 11 is 1.47. The summed E-state index contributed by atoms with van der Waals surface area (Å²) in [7, 11) is 0. The van der Waals surface area contributed by atoms with Crippen LogP contribution in [0, 0.1) is 6.92 Å². The zero-order valence-corrected chi connectivity index (χ0v) is 6.70. The van der Waals surface area contributed by atoms with E-state index < -0.39 is 0 Å². The molecule has 0 aliphatic rings. The molecule has 2 nitrogen and oxygen atoms in total. The highest BCUT2D eigenvalue weighted by Crippen LogP contribution is 2.22. The van der Waals surface area contributed by atoms with E-state index in [1.54, 1.807) is 6.07 Å². The Labute approximate surface area is 63.4 Å². The van der Waals surface area contributed by atoms with Crippen molar-refractivity contribution < 1.29 is 9.53 Å². The molecule has 54 valence electrons. The van der Waals surface area contributed by atoms with Gasteiger partial charge < -0.3 is 4.74 Å². The SMILES string of the molecule is CC(=O)Oc1ccc(C)s1. The highest BCUT2D eigenvalue weighted by molar-refractivity contribution is 7.13. The molecule has 0 atom stereocenters. The van der Waals surface area contributed by atoms with Gasteiger partial charge in [0.2, 0.25) is 0 Å². The van der Waals surface area contributed by atoms with Crippen LogP contribution < -0.4 is 4.74 Å². The normalized spacial score (nSPS) is 9.40. The van der Waals surface area contributed by atoms with Crippen LogP contribution in [0.15, 0.2) is 12.1 Å². The van der Waals surface area contributed by atoms with Gasteiger partial charge in [-0.25, -0.2) is 0 Å². The Bertz CT molecular complexity index is 240. The minimum absolute atomic E-state index is 0.262. The average Bonchev–Trinajstić information content (AvgIpc) is 2.13. The molecule has 1 heterocycles. The molecule has 0 unspecified atom stereocenters. The predicted octanol–water partition coefficient (Wildman–Crippen LogP) is 1.98. The summed E-state index contributed by atoms with van der Waals surface area (Å²) in [5, 5.41) is 0.671. The molecule has 3 heteroatoms. The third kappa shape index (κ3) is 1.84. The Morgan fingerprint density at radius 3 is 2.70 bits per heavy atom. The van der Waals surface area contributed by atoms with Crippen molar-refractivity contribution in [2.75, 3.05) is 0 Å². The minimum Gasteiger partial charge on any atom is -0.416 e. The van der Waals surface area contributed by atoms with E-state index in [0.29, 0.717) is 5.06 Å². The fourth-order valence-corrected chi connectivity index (χ4v) is 1.36. The van der Waals surface area contributed by atoms with E-state index in [0.717, 1.165) is 4.88 Å². The Morgan fingerprint density at radius 2 is 2.30 bits per heavy atom. The number of carbonyl (C=O) groups excluding carboxylic acids is 1. The maximum atomic E-state index is 10.4. The summed E-state index contributed by atoms with van der Waals surface area (Å²) in [6.45, 7) is 3.37. The fraction of sp³-hybridized carbons (Fsp3) is 0.286. The van der Waals surface area contributed by atoms with E-state index >= 15 is 0 Å². The first-order valence-electron chi connectivity index (χ1n) is 2.93. The fourth-order valence-electron chi connectivity index (χ4n) is 0.609. The quantitative estimate of drug-likeness (QED) is 0.581. The molecule has 1 aromatic heterocycles. The number of esters is 1. The van der Waals surface area contributed by atoms with Crippen LogP contribution in [0.5, 0.6) is 5.06 Å². The molecular formula is C7H8O2S. The molecule has 0 aromatic carbocycles. The van der Waals surface area contributed by atoms with E-state index in [1.807, 2.05) is 13.0 Å². The van der Waals surface area contributed by atoms with Crippen molar-refractivity contribution in [3.05, 3.63) is 17.0 Å². The monoisotopic (exact) mass is 156 g/mol. The number of aryl methyl sites for hydroxylation is 1. The second-order valence-corrected chi connectivity index (χ2v) is 3.21. The van der Waals surface area contributed by atoms with Gasteiger partial charge in [-0.2, -0.15) is 0 Å². The van der Waals surface area contributed by atoms with Crippen LogP contribution in [-0.2, 0) is 4.79 Å². The minimum atomic E-state index is -0.262. The van der Waals surface area contributed by atoms with Crippen molar-refractivity contribution in [1.82, 2.24) is 0 Å². The number of ether oxygens (including phenoxy) is 1. The van der Waals surface area contributed by atoms with E-state index in [-0.39, 0.29) is 5.97 Å². The van der Waals surface area contributed by atoms with Crippen LogP contribution in [0.25, 0.3) is 0 Å². The summed E-state index contributed by atoms with van der Waals surface area (Å²) in [4.78, 5) is 11.6. The van der Waals surface area contributed by atoms with Crippen LogP contribution in [0.2, 0.25) is 0 Å². The van der Waals surface area contributed by atoms with Gasteiger partial charge in [-0.1, -0.05) is 0 Å². The van der Waals surface area contributed by atoms with Gasteiger partial charge in [0, 0.05) is 11.8 Å². The smallest absolute Gasteiger partial charge is 0.308 e. The van der Waals surface area contributed by atoms with Gasteiger partial charge in [-0.05, 0) is 19.1 Å². The van der Waals surface area contributed by atoms with Gasteiger partial charge in [0.05, 0.1) is 0 Å². The Hall–Kier alpha value is -0.830. The highest BCUT2D eigenvalue weighted by Gasteiger charge is 1.98. The lowest BCUT2D eigenvalue weighted by molar-refractivity contribution is -0.131. The predicted molar refractivity (Wildman–Crippen MR) is 40.4 cm³/mol. The molecule has 0 bridgehead atoms. The van der Waals surface area contributed by atoms with Crippen molar-refractivity contribution in [3.8, 4) is 5.06 Å². The standard InChI is InChI=1S/C7H8O2S/c1-5-3-4-7(10-5)9-6(2)8/h3-4H,1-2H3. The number of hydrogen-bond donors (Lipinski definition) is 0. The Balaban J connectivity index is 2.67. The highest BCUT2D eigenvalue weighted by atomic mass is 32.1. The topological polar surface area (TPSA) is 26.3 Å². The molecular weight excluding hydrogens is 148 g/mol. The van der Waals surface area contributed by atoms with Crippen molar-refractivity contribution in [2.45, 2.75) is 13.8 Å². The van der Waals surface area contributed by atoms with Gasteiger partial charge in [0.25, 0.3) is 0 Å². The summed E-state index contributed by atoms with van der Waals surface area (Å²) in [5.74, 6) is -0.262. The number of hydrogen-bond acceptors (Lipinski definition) is 3. The third-order valence-corrected chi connectivity index (χ3v) is 1.84. The first kappa shape index (κ1) is 7.28. The summed E-state index contributed by atoms with van der Waals surface area (Å²) in [6, 6.07) is 3.71. The van der Waals surface area contributed by atoms with Crippen LogP contribution >= 0.6 is 11.3 Å². The van der Waals surface area contributed by atoms with Gasteiger partial charge in [0.1, 0.15) is 0 Å². The lowest BCUT2D eigenvalue weighted by atomic mass is 10.5. The Morgan fingerprint density at radius 1 is 1.60 bits per heavy atom. The van der Waals surface area contributed by atoms with Crippen molar-refractivity contribution in [2.24, 2.45) is 0 Å². The van der Waals surface area contributed by atoms with Gasteiger partial charge in [-0.3, -0.25) is 4.79 Å². The maximum absolute atomic E-state index is 10.4. The first-order valence-corrected chi connectivity index (χ1v) is 3.75. The lowest BCUT2D eigenvalue weighted by Crippen LogP contribution is -1.98. The van der Waals surface area contributed by atoms with Gasteiger partial charge in [0.15, 0.2) is 5.06 Å². The molecule has 0 radical (unpaired) electrons. The molecule has 1 aromatic rings. The Kier molecular flexibility index (Phi) is 2.06. The van der Waals surface area contributed by atoms with Crippen LogP contribution in [0.3, 0.4) is 0 Å². The number of thiophene rings is 1. The molecule has 10 heavy (non-hydrogen) atoms. The van der Waals surface area contributed by atoms with Crippen molar-refractivity contribution >= 4 is 17.3 Å². The van der Waals surface area contributed by atoms with Gasteiger partial charge >= 0.3 is 5.97 Å². The summed E-state index contributed by atoms with van der Waals surface area (Å²) < 4.78 is 4.81. The maximum Gasteiger partial charge on any atom is 0.308 e. The van der Waals surface area contributed by atoms with E-state index in [9.17, 15) is 4.79 Å². The molecule has 0 aliphatic carbocycles. The average molecular weight is 156 g/mol. The number of carbonyl (C=O) groups is 1. The molecule has 0 amide bonds. The van der Waals surface area contributed by atoms with Crippen LogP contribution in [0.4, 0.5) is 0 Å². The third-order valence-electron chi connectivity index (χ3n) is 0.960. The molecule has 0 spiro atoms.